The molecule has 146 valence electrons. The molecule has 1 N–H and O–H groups in total. The topological polar surface area (TPSA) is 67.9 Å². The Labute approximate surface area is 164 Å². The van der Waals surface area contributed by atoms with E-state index in [0.717, 1.165) is 38.1 Å². The van der Waals surface area contributed by atoms with Gasteiger partial charge in [-0.05, 0) is 61.7 Å². The van der Waals surface area contributed by atoms with Crippen LogP contribution in [0, 0.1) is 0 Å². The minimum absolute atomic E-state index is 0.137. The summed E-state index contributed by atoms with van der Waals surface area (Å²) in [5.41, 5.74) is 2.08. The van der Waals surface area contributed by atoms with Crippen molar-refractivity contribution >= 4 is 23.2 Å². The molecule has 2 fully saturated rings. The van der Waals surface area contributed by atoms with Gasteiger partial charge in [-0.2, -0.15) is 0 Å². The van der Waals surface area contributed by atoms with Crippen molar-refractivity contribution in [1.82, 2.24) is 0 Å². The van der Waals surface area contributed by atoms with Crippen molar-refractivity contribution in [3.63, 3.8) is 0 Å². The molecule has 6 nitrogen and oxygen atoms in total. The Balaban J connectivity index is 1.36. The molecule has 1 atom stereocenters. The predicted molar refractivity (Wildman–Crippen MR) is 107 cm³/mol. The lowest BCUT2D eigenvalue weighted by Crippen LogP contribution is -2.23. The van der Waals surface area contributed by atoms with Crippen LogP contribution in [0.5, 0.6) is 5.75 Å². The second kappa shape index (κ2) is 8.44. The summed E-state index contributed by atoms with van der Waals surface area (Å²) in [5, 5.41) is 2.89. The van der Waals surface area contributed by atoms with Crippen LogP contribution < -0.4 is 15.0 Å². The van der Waals surface area contributed by atoms with Gasteiger partial charge in [-0.1, -0.05) is 6.07 Å². The summed E-state index contributed by atoms with van der Waals surface area (Å²) >= 11 is 0. The zero-order valence-electron chi connectivity index (χ0n) is 15.7. The third-order valence-electron chi connectivity index (χ3n) is 5.07. The van der Waals surface area contributed by atoms with Gasteiger partial charge in [-0.15, -0.1) is 0 Å². The van der Waals surface area contributed by atoms with Gasteiger partial charge >= 0.3 is 0 Å². The number of benzene rings is 2. The molecule has 28 heavy (non-hydrogen) atoms. The molecule has 0 aromatic heterocycles. The number of hydrogen-bond acceptors (Lipinski definition) is 4. The maximum Gasteiger partial charge on any atom is 0.255 e. The number of hydrogen-bond donors (Lipinski definition) is 1. The van der Waals surface area contributed by atoms with Gasteiger partial charge in [0.2, 0.25) is 5.91 Å². The lowest BCUT2D eigenvalue weighted by Gasteiger charge is -2.16. The van der Waals surface area contributed by atoms with E-state index in [0.29, 0.717) is 30.0 Å². The van der Waals surface area contributed by atoms with E-state index >= 15 is 0 Å². The second-order valence-corrected chi connectivity index (χ2v) is 7.12. The normalized spacial score (nSPS) is 19.1. The van der Waals surface area contributed by atoms with Crippen molar-refractivity contribution in [2.45, 2.75) is 31.8 Å². The number of rotatable bonds is 6. The first kappa shape index (κ1) is 18.5. The molecule has 4 rings (SSSR count). The van der Waals surface area contributed by atoms with E-state index in [1.54, 1.807) is 17.0 Å². The van der Waals surface area contributed by atoms with Gasteiger partial charge in [0.25, 0.3) is 5.91 Å². The Bertz CT molecular complexity index is 844. The lowest BCUT2D eigenvalue weighted by atomic mass is 10.2. The lowest BCUT2D eigenvalue weighted by molar-refractivity contribution is -0.117. The van der Waals surface area contributed by atoms with Gasteiger partial charge in [-0.25, -0.2) is 0 Å². The highest BCUT2D eigenvalue weighted by Crippen LogP contribution is 2.24. The maximum atomic E-state index is 12.6. The van der Waals surface area contributed by atoms with E-state index in [1.807, 2.05) is 36.4 Å². The minimum Gasteiger partial charge on any atom is -0.491 e. The fraction of sp³-hybridized carbons (Fsp3) is 0.364. The molecule has 6 heteroatoms. The first-order valence-electron chi connectivity index (χ1n) is 9.75. The summed E-state index contributed by atoms with van der Waals surface area (Å²) < 4.78 is 11.3. The van der Waals surface area contributed by atoms with Gasteiger partial charge in [0.05, 0.1) is 6.10 Å². The zero-order valence-corrected chi connectivity index (χ0v) is 15.7. The summed E-state index contributed by atoms with van der Waals surface area (Å²) in [6.45, 7) is 2.05. The van der Waals surface area contributed by atoms with E-state index in [1.165, 1.54) is 0 Å². The summed E-state index contributed by atoms with van der Waals surface area (Å²) in [5.74, 6) is 0.607. The van der Waals surface area contributed by atoms with Gasteiger partial charge in [0, 0.05) is 36.5 Å². The van der Waals surface area contributed by atoms with Crippen molar-refractivity contribution in [2.24, 2.45) is 0 Å². The van der Waals surface area contributed by atoms with E-state index in [9.17, 15) is 9.59 Å². The van der Waals surface area contributed by atoms with E-state index in [2.05, 4.69) is 5.32 Å². The van der Waals surface area contributed by atoms with Gasteiger partial charge in [-0.3, -0.25) is 9.59 Å². The van der Waals surface area contributed by atoms with Gasteiger partial charge in [0.15, 0.2) is 0 Å². The molecule has 2 aliphatic rings. The van der Waals surface area contributed by atoms with Crippen LogP contribution in [0.2, 0.25) is 0 Å². The average molecular weight is 380 g/mol. The molecule has 2 aromatic rings. The molecule has 2 amide bonds. The Kier molecular flexibility index (Phi) is 5.58. The first-order chi connectivity index (χ1) is 13.7. The highest BCUT2D eigenvalue weighted by Gasteiger charge is 2.21. The number of carbonyl (C=O) groups excluding carboxylic acids is 2. The van der Waals surface area contributed by atoms with E-state index in [-0.39, 0.29) is 17.9 Å². The Morgan fingerprint density at radius 1 is 1.18 bits per heavy atom. The summed E-state index contributed by atoms with van der Waals surface area (Å²) in [6, 6.07) is 14.5. The molecule has 2 aromatic carbocycles. The van der Waals surface area contributed by atoms with Crippen LogP contribution in [0.15, 0.2) is 48.5 Å². The Morgan fingerprint density at radius 3 is 2.75 bits per heavy atom. The fourth-order valence-electron chi connectivity index (χ4n) is 3.54. The van der Waals surface area contributed by atoms with Crippen LogP contribution in [0.3, 0.4) is 0 Å². The van der Waals surface area contributed by atoms with Crippen LogP contribution in [-0.2, 0) is 9.53 Å². The standard InChI is InChI=1S/C22H24N2O4/c25-21-7-2-12-24(21)18-10-8-17(9-11-18)23-22(26)16-4-1-5-19(14-16)28-15-20-6-3-13-27-20/h1,4-5,8-11,14,20H,2-3,6-7,12-13,15H2,(H,23,26). The molecular weight excluding hydrogens is 356 g/mol. The third kappa shape index (κ3) is 4.34. The van der Waals surface area contributed by atoms with Crippen molar-refractivity contribution in [1.29, 1.82) is 0 Å². The highest BCUT2D eigenvalue weighted by molar-refractivity contribution is 6.04. The summed E-state index contributed by atoms with van der Waals surface area (Å²) in [7, 11) is 0. The van der Waals surface area contributed by atoms with Crippen LogP contribution >= 0.6 is 0 Å². The number of anilines is 2. The number of amides is 2. The van der Waals surface area contributed by atoms with Crippen LogP contribution in [0.4, 0.5) is 11.4 Å². The quantitative estimate of drug-likeness (QED) is 0.831. The van der Waals surface area contributed by atoms with Crippen molar-refractivity contribution in [2.75, 3.05) is 30.0 Å². The molecule has 1 unspecified atom stereocenters. The fourth-order valence-corrected chi connectivity index (χ4v) is 3.54. The Morgan fingerprint density at radius 2 is 2.04 bits per heavy atom. The van der Waals surface area contributed by atoms with Crippen LogP contribution in [-0.4, -0.2) is 37.7 Å². The third-order valence-corrected chi connectivity index (χ3v) is 5.07. The second-order valence-electron chi connectivity index (χ2n) is 7.12. The van der Waals surface area contributed by atoms with Crippen molar-refractivity contribution in [3.05, 3.63) is 54.1 Å². The molecule has 2 aliphatic heterocycles. The Hall–Kier alpha value is -2.86. The van der Waals surface area contributed by atoms with Gasteiger partial charge < -0.3 is 19.7 Å². The number of nitrogens with zero attached hydrogens (tertiary/aromatic N) is 1. The average Bonchev–Trinajstić information content (AvgIpc) is 3.39. The molecule has 0 bridgehead atoms. The molecular formula is C22H24N2O4. The van der Waals surface area contributed by atoms with Crippen molar-refractivity contribution < 1.29 is 19.1 Å². The molecule has 0 radical (unpaired) electrons. The zero-order chi connectivity index (χ0) is 19.3. The molecule has 2 saturated heterocycles. The smallest absolute Gasteiger partial charge is 0.255 e. The predicted octanol–water partition coefficient (Wildman–Crippen LogP) is 3.62. The molecule has 0 spiro atoms. The SMILES string of the molecule is O=C(Nc1ccc(N2CCCC2=O)cc1)c1cccc(OCC2CCCO2)c1. The van der Waals surface area contributed by atoms with E-state index in [4.69, 9.17) is 9.47 Å². The minimum atomic E-state index is -0.201. The van der Waals surface area contributed by atoms with Crippen LogP contribution in [0.25, 0.3) is 0 Å². The summed E-state index contributed by atoms with van der Waals surface area (Å²) in [4.78, 5) is 26.2. The highest BCUT2D eigenvalue weighted by atomic mass is 16.5. The molecule has 0 aliphatic carbocycles. The molecule has 0 saturated carbocycles. The van der Waals surface area contributed by atoms with Gasteiger partial charge in [0.1, 0.15) is 12.4 Å². The van der Waals surface area contributed by atoms with Crippen LogP contribution in [0.1, 0.15) is 36.0 Å². The monoisotopic (exact) mass is 380 g/mol. The molecule has 2 heterocycles. The number of ether oxygens (including phenoxy) is 2. The summed E-state index contributed by atoms with van der Waals surface area (Å²) in [6.07, 6.45) is 3.71. The number of carbonyl (C=O) groups is 2. The number of nitrogens with one attached hydrogen (secondary N) is 1. The van der Waals surface area contributed by atoms with Crippen molar-refractivity contribution in [3.8, 4) is 5.75 Å². The first-order valence-corrected chi connectivity index (χ1v) is 9.75. The largest absolute Gasteiger partial charge is 0.491 e. The maximum absolute atomic E-state index is 12.6. The van der Waals surface area contributed by atoms with E-state index < -0.39 is 0 Å².